The molecule has 8 heteroatoms. The Labute approximate surface area is 155 Å². The van der Waals surface area contributed by atoms with Crippen LogP contribution in [0.5, 0.6) is 0 Å². The first-order valence-corrected chi connectivity index (χ1v) is 9.94. The molecule has 0 atom stereocenters. The lowest BCUT2D eigenvalue weighted by molar-refractivity contribution is 0.243. The first kappa shape index (κ1) is 17.8. The summed E-state index contributed by atoms with van der Waals surface area (Å²) in [6.45, 7) is 0.268. The number of halogens is 2. The zero-order valence-corrected chi connectivity index (χ0v) is 15.5. The largest absolute Gasteiger partial charge is 0.333 e. The molecule has 0 aliphatic rings. The number of amides is 1. The van der Waals surface area contributed by atoms with E-state index in [1.54, 1.807) is 36.5 Å². The van der Waals surface area contributed by atoms with E-state index in [9.17, 15) is 13.2 Å². The summed E-state index contributed by atoms with van der Waals surface area (Å²) in [5, 5.41) is 4.39. The number of benzene rings is 2. The van der Waals surface area contributed by atoms with Gasteiger partial charge in [-0.3, -0.25) is 4.57 Å². The highest BCUT2D eigenvalue weighted by molar-refractivity contribution is 7.90. The lowest BCUT2D eigenvalue weighted by Crippen LogP contribution is -2.27. The molecule has 0 aliphatic heterocycles. The van der Waals surface area contributed by atoms with Crippen LogP contribution in [0.3, 0.4) is 0 Å². The van der Waals surface area contributed by atoms with Crippen molar-refractivity contribution in [2.45, 2.75) is 11.4 Å². The van der Waals surface area contributed by atoms with Crippen LogP contribution in [0, 0.1) is 0 Å². The fourth-order valence-electron chi connectivity index (χ4n) is 2.42. The third-order valence-corrected chi connectivity index (χ3v) is 5.60. The van der Waals surface area contributed by atoms with Crippen LogP contribution in [0.1, 0.15) is 5.56 Å². The Bertz CT molecular complexity index is 1060. The monoisotopic (exact) mass is 396 g/mol. The standard InChI is InChI=1S/C17H14Cl2N2O3S/c1-25(23,24)13-4-2-11(3-5-13)10-20-17(22)21-7-6-12-8-14(18)15(19)9-16(12)21/h2-9H,10H2,1H3,(H,20,22). The Morgan fingerprint density at radius 1 is 1.08 bits per heavy atom. The van der Waals surface area contributed by atoms with E-state index >= 15 is 0 Å². The maximum absolute atomic E-state index is 12.4. The molecule has 25 heavy (non-hydrogen) atoms. The van der Waals surface area contributed by atoms with Gasteiger partial charge in [0.1, 0.15) is 0 Å². The summed E-state index contributed by atoms with van der Waals surface area (Å²) < 4.78 is 24.3. The maximum atomic E-state index is 12.4. The third kappa shape index (κ3) is 3.81. The molecule has 0 saturated carbocycles. The summed E-state index contributed by atoms with van der Waals surface area (Å²) in [7, 11) is -3.23. The van der Waals surface area contributed by atoms with Gasteiger partial charge in [0.15, 0.2) is 9.84 Å². The number of nitrogens with one attached hydrogen (secondary N) is 1. The van der Waals surface area contributed by atoms with Gasteiger partial charge >= 0.3 is 6.03 Å². The van der Waals surface area contributed by atoms with Gasteiger partial charge in [-0.05, 0) is 35.9 Å². The van der Waals surface area contributed by atoms with Crippen molar-refractivity contribution < 1.29 is 13.2 Å². The van der Waals surface area contributed by atoms with Gasteiger partial charge in [0.2, 0.25) is 0 Å². The number of carbonyl (C=O) groups is 1. The van der Waals surface area contributed by atoms with Gasteiger partial charge in [-0.15, -0.1) is 0 Å². The van der Waals surface area contributed by atoms with Crippen LogP contribution in [0.25, 0.3) is 10.9 Å². The van der Waals surface area contributed by atoms with Gasteiger partial charge in [-0.1, -0.05) is 35.3 Å². The molecule has 1 heterocycles. The molecule has 5 nitrogen and oxygen atoms in total. The van der Waals surface area contributed by atoms with Gasteiger partial charge in [0.05, 0.1) is 20.5 Å². The molecule has 1 aromatic heterocycles. The maximum Gasteiger partial charge on any atom is 0.326 e. The fourth-order valence-corrected chi connectivity index (χ4v) is 3.38. The van der Waals surface area contributed by atoms with Crippen LogP contribution in [0.2, 0.25) is 10.0 Å². The van der Waals surface area contributed by atoms with E-state index in [-0.39, 0.29) is 17.5 Å². The summed E-state index contributed by atoms with van der Waals surface area (Å²) in [4.78, 5) is 12.6. The SMILES string of the molecule is CS(=O)(=O)c1ccc(CNC(=O)n2ccc3cc(Cl)c(Cl)cc32)cc1. The molecule has 0 unspecified atom stereocenters. The summed E-state index contributed by atoms with van der Waals surface area (Å²) in [5.41, 5.74) is 1.44. The molecule has 0 spiro atoms. The van der Waals surface area contributed by atoms with Crippen LogP contribution < -0.4 is 5.32 Å². The van der Waals surface area contributed by atoms with E-state index in [1.165, 1.54) is 16.7 Å². The molecule has 0 saturated heterocycles. The summed E-state index contributed by atoms with van der Waals surface area (Å²) in [6.07, 6.45) is 2.79. The highest BCUT2D eigenvalue weighted by atomic mass is 35.5. The molecule has 1 amide bonds. The highest BCUT2D eigenvalue weighted by Gasteiger charge is 2.11. The van der Waals surface area contributed by atoms with Crippen molar-refractivity contribution in [1.29, 1.82) is 0 Å². The summed E-state index contributed by atoms with van der Waals surface area (Å²) in [5.74, 6) is 0. The highest BCUT2D eigenvalue weighted by Crippen LogP contribution is 2.28. The number of sulfone groups is 1. The normalized spacial score (nSPS) is 11.6. The van der Waals surface area contributed by atoms with Gasteiger partial charge < -0.3 is 5.32 Å². The molecule has 0 radical (unpaired) electrons. The third-order valence-electron chi connectivity index (χ3n) is 3.75. The topological polar surface area (TPSA) is 68.2 Å². The lowest BCUT2D eigenvalue weighted by atomic mass is 10.2. The van der Waals surface area contributed by atoms with Crippen LogP contribution in [-0.4, -0.2) is 25.3 Å². The van der Waals surface area contributed by atoms with Crippen molar-refractivity contribution in [3.8, 4) is 0 Å². The zero-order valence-electron chi connectivity index (χ0n) is 13.2. The minimum absolute atomic E-state index is 0.241. The van der Waals surface area contributed by atoms with Crippen molar-refractivity contribution in [3.05, 3.63) is 64.3 Å². The molecule has 3 aromatic rings. The molecule has 0 fully saturated rings. The van der Waals surface area contributed by atoms with Crippen LogP contribution in [0.15, 0.2) is 53.6 Å². The minimum Gasteiger partial charge on any atom is -0.333 e. The number of aromatic nitrogens is 1. The number of nitrogens with zero attached hydrogens (tertiary/aromatic N) is 1. The van der Waals surface area contributed by atoms with E-state index in [1.807, 2.05) is 0 Å². The van der Waals surface area contributed by atoms with Crippen LogP contribution in [-0.2, 0) is 16.4 Å². The Kier molecular flexibility index (Phi) is 4.77. The van der Waals surface area contributed by atoms with Crippen molar-refractivity contribution in [1.82, 2.24) is 9.88 Å². The van der Waals surface area contributed by atoms with Crippen molar-refractivity contribution in [2.24, 2.45) is 0 Å². The van der Waals surface area contributed by atoms with Crippen LogP contribution >= 0.6 is 23.2 Å². The quantitative estimate of drug-likeness (QED) is 0.723. The second kappa shape index (κ2) is 6.71. The fraction of sp³-hybridized carbons (Fsp3) is 0.118. The average Bonchev–Trinajstić information content (AvgIpc) is 2.95. The molecular formula is C17H14Cl2N2O3S. The number of rotatable bonds is 3. The van der Waals surface area contributed by atoms with Crippen LogP contribution in [0.4, 0.5) is 4.79 Å². The van der Waals surface area contributed by atoms with Gasteiger partial charge in [0.25, 0.3) is 0 Å². The van der Waals surface area contributed by atoms with Gasteiger partial charge in [-0.25, -0.2) is 13.2 Å². The van der Waals surface area contributed by atoms with E-state index in [2.05, 4.69) is 5.32 Å². The molecule has 2 aromatic carbocycles. The zero-order chi connectivity index (χ0) is 18.2. The van der Waals surface area contributed by atoms with Crippen molar-refractivity contribution in [3.63, 3.8) is 0 Å². The first-order valence-electron chi connectivity index (χ1n) is 7.29. The van der Waals surface area contributed by atoms with E-state index in [0.717, 1.165) is 17.2 Å². The van der Waals surface area contributed by atoms with Gasteiger partial charge in [0, 0.05) is 24.4 Å². The Hall–Kier alpha value is -2.02. The molecule has 0 bridgehead atoms. The number of hydrogen-bond donors (Lipinski definition) is 1. The number of carbonyl (C=O) groups excluding carboxylic acids is 1. The van der Waals surface area contributed by atoms with Gasteiger partial charge in [-0.2, -0.15) is 0 Å². The van der Waals surface area contributed by atoms with Crippen molar-refractivity contribution in [2.75, 3.05) is 6.26 Å². The lowest BCUT2D eigenvalue weighted by Gasteiger charge is -2.08. The minimum atomic E-state index is -3.23. The molecule has 3 rings (SSSR count). The second-order valence-corrected chi connectivity index (χ2v) is 8.42. The van der Waals surface area contributed by atoms with E-state index in [4.69, 9.17) is 23.2 Å². The summed E-state index contributed by atoms with van der Waals surface area (Å²) >= 11 is 12.0. The predicted molar refractivity (Wildman–Crippen MR) is 99.1 cm³/mol. The molecule has 0 aliphatic carbocycles. The average molecular weight is 397 g/mol. The smallest absolute Gasteiger partial charge is 0.326 e. The van der Waals surface area contributed by atoms with Crippen molar-refractivity contribution >= 4 is 50.0 Å². The Morgan fingerprint density at radius 3 is 2.36 bits per heavy atom. The van der Waals surface area contributed by atoms with E-state index in [0.29, 0.717) is 15.6 Å². The summed E-state index contributed by atoms with van der Waals surface area (Å²) in [6, 6.07) is 11.2. The molecule has 130 valence electrons. The Morgan fingerprint density at radius 2 is 1.72 bits per heavy atom. The first-order chi connectivity index (χ1) is 11.8. The van der Waals surface area contributed by atoms with E-state index < -0.39 is 9.84 Å². The second-order valence-electron chi connectivity index (χ2n) is 5.59. The Balaban J connectivity index is 1.76. The molecule has 1 N–H and O–H groups in total. The molecular weight excluding hydrogens is 383 g/mol. The number of fused-ring (bicyclic) bond motifs is 1. The number of hydrogen-bond acceptors (Lipinski definition) is 3. The predicted octanol–water partition coefficient (Wildman–Crippen LogP) is 4.11.